The zero-order valence-electron chi connectivity index (χ0n) is 16.3. The summed E-state index contributed by atoms with van der Waals surface area (Å²) < 4.78 is 46.9. The number of hydrogen-bond donors (Lipinski definition) is 3. The fourth-order valence-corrected chi connectivity index (χ4v) is 3.39. The Kier molecular flexibility index (Phi) is 6.22. The topological polar surface area (TPSA) is 71.1 Å². The van der Waals surface area contributed by atoms with Crippen molar-refractivity contribution in [3.05, 3.63) is 53.2 Å². The molecule has 4 N–H and O–H groups in total. The first kappa shape index (κ1) is 20.9. The van der Waals surface area contributed by atoms with Crippen molar-refractivity contribution in [3.63, 3.8) is 0 Å². The Hall–Kier alpha value is -2.87. The van der Waals surface area contributed by atoms with Gasteiger partial charge in [-0.15, -0.1) is 13.2 Å². The number of H-pyrrole nitrogens is 1. The second-order valence-electron chi connectivity index (χ2n) is 6.71. The molecule has 2 aromatic carbocycles. The molecule has 8 heteroatoms. The van der Waals surface area contributed by atoms with Crippen LogP contribution in [0.2, 0.25) is 0 Å². The predicted octanol–water partition coefficient (Wildman–Crippen LogP) is 3.79. The summed E-state index contributed by atoms with van der Waals surface area (Å²) in [6, 6.07) is 9.70. The number of nitrogens with two attached hydrogens (primary N) is 1. The Balaban J connectivity index is 1.67. The van der Waals surface area contributed by atoms with Gasteiger partial charge in [0.2, 0.25) is 0 Å². The first-order valence-corrected chi connectivity index (χ1v) is 9.40. The summed E-state index contributed by atoms with van der Waals surface area (Å²) in [5.74, 6) is 0.373. The number of benzene rings is 2. The van der Waals surface area contributed by atoms with Crippen molar-refractivity contribution in [1.29, 1.82) is 0 Å². The molecule has 156 valence electrons. The summed E-state index contributed by atoms with van der Waals surface area (Å²) in [5.41, 5.74) is 3.41. The van der Waals surface area contributed by atoms with Gasteiger partial charge in [0, 0.05) is 23.0 Å². The molecule has 0 unspecified atom stereocenters. The molecule has 1 aromatic heterocycles. The van der Waals surface area contributed by atoms with Gasteiger partial charge in [0.15, 0.2) is 11.5 Å². The summed E-state index contributed by atoms with van der Waals surface area (Å²) >= 11 is 0. The highest BCUT2D eigenvalue weighted by atomic mass is 19.4. The molecule has 0 atom stereocenters. The van der Waals surface area contributed by atoms with E-state index in [4.69, 9.17) is 4.74 Å². The van der Waals surface area contributed by atoms with Crippen molar-refractivity contribution in [1.82, 2.24) is 4.98 Å². The van der Waals surface area contributed by atoms with Crippen LogP contribution in [0, 0.1) is 6.92 Å². The van der Waals surface area contributed by atoms with Gasteiger partial charge in [0.25, 0.3) is 0 Å². The molecule has 1 heterocycles. The molecule has 0 fully saturated rings. The van der Waals surface area contributed by atoms with E-state index in [-0.39, 0.29) is 11.5 Å². The molecule has 0 saturated heterocycles. The number of aromatic hydroxyl groups is 1. The van der Waals surface area contributed by atoms with Gasteiger partial charge in [-0.3, -0.25) is 0 Å². The van der Waals surface area contributed by atoms with Crippen LogP contribution >= 0.6 is 0 Å². The third-order valence-electron chi connectivity index (χ3n) is 4.67. The van der Waals surface area contributed by atoms with E-state index in [2.05, 4.69) is 9.72 Å². The molecule has 29 heavy (non-hydrogen) atoms. The van der Waals surface area contributed by atoms with Crippen LogP contribution in [-0.2, 0) is 13.0 Å². The van der Waals surface area contributed by atoms with E-state index in [0.29, 0.717) is 31.9 Å². The number of ether oxygens (including phenoxy) is 2. The minimum absolute atomic E-state index is 0.141. The number of rotatable bonds is 8. The van der Waals surface area contributed by atoms with Crippen molar-refractivity contribution in [2.75, 3.05) is 13.2 Å². The largest absolute Gasteiger partial charge is 0.573 e. The summed E-state index contributed by atoms with van der Waals surface area (Å²) in [7, 11) is 0. The van der Waals surface area contributed by atoms with Crippen molar-refractivity contribution in [2.45, 2.75) is 33.2 Å². The van der Waals surface area contributed by atoms with Gasteiger partial charge < -0.3 is 24.9 Å². The molecule has 5 nitrogen and oxygen atoms in total. The Bertz CT molecular complexity index is 983. The van der Waals surface area contributed by atoms with E-state index >= 15 is 0 Å². The lowest BCUT2D eigenvalue weighted by Crippen LogP contribution is -2.83. The van der Waals surface area contributed by atoms with Gasteiger partial charge in [-0.1, -0.05) is 6.07 Å². The maximum atomic E-state index is 12.5. The molecule has 3 rings (SSSR count). The van der Waals surface area contributed by atoms with E-state index in [1.54, 1.807) is 12.1 Å². The number of aromatic amines is 1. The molecule has 0 bridgehead atoms. The Morgan fingerprint density at radius 1 is 1.17 bits per heavy atom. The third kappa shape index (κ3) is 5.14. The Labute approximate surface area is 166 Å². The van der Waals surface area contributed by atoms with Crippen LogP contribution in [0.5, 0.6) is 17.2 Å². The molecule has 0 spiro atoms. The maximum absolute atomic E-state index is 12.5. The number of nitrogens with one attached hydrogen (secondary N) is 1. The summed E-state index contributed by atoms with van der Waals surface area (Å²) in [6.45, 7) is 5.50. The van der Waals surface area contributed by atoms with Gasteiger partial charge in [0.1, 0.15) is 12.3 Å². The number of para-hydroxylation sites is 1. The number of aryl methyl sites for hydroxylation is 1. The molecule has 0 aliphatic rings. The second kappa shape index (κ2) is 8.65. The zero-order valence-corrected chi connectivity index (χ0v) is 16.3. The highest BCUT2D eigenvalue weighted by Gasteiger charge is 2.31. The number of aromatic nitrogens is 1. The number of phenols is 1. The van der Waals surface area contributed by atoms with Crippen molar-refractivity contribution < 1.29 is 33.1 Å². The van der Waals surface area contributed by atoms with Crippen LogP contribution in [0.3, 0.4) is 0 Å². The average Bonchev–Trinajstić information content (AvgIpc) is 2.95. The van der Waals surface area contributed by atoms with Crippen molar-refractivity contribution >= 4 is 10.9 Å². The number of alkyl halides is 3. The summed E-state index contributed by atoms with van der Waals surface area (Å²) in [4.78, 5) is 3.20. The first-order chi connectivity index (χ1) is 13.8. The number of fused-ring (bicyclic) bond motifs is 1. The quantitative estimate of drug-likeness (QED) is 0.496. The zero-order chi connectivity index (χ0) is 21.0. The Morgan fingerprint density at radius 3 is 2.69 bits per heavy atom. The van der Waals surface area contributed by atoms with E-state index in [0.717, 1.165) is 27.7 Å². The maximum Gasteiger partial charge on any atom is 0.573 e. The molecule has 0 amide bonds. The number of hydrogen-bond acceptors (Lipinski definition) is 3. The number of quaternary nitrogens is 1. The molecule has 0 radical (unpaired) electrons. The lowest BCUT2D eigenvalue weighted by molar-refractivity contribution is -0.670. The molecule has 0 aliphatic carbocycles. The van der Waals surface area contributed by atoms with Crippen LogP contribution in [0.1, 0.15) is 23.7 Å². The second-order valence-corrected chi connectivity index (χ2v) is 6.71. The standard InChI is InChI=1S/C21H23F3N2O3/c1-3-28-19-6-4-5-14(20(19)27)12-25-10-9-16-13(2)26-18-8-7-15(11-17(16)18)29-21(22,23)24/h4-8,11,25-27H,3,9-10,12H2,1-2H3/p+1. The van der Waals surface area contributed by atoms with Crippen LogP contribution in [0.15, 0.2) is 36.4 Å². The Morgan fingerprint density at radius 2 is 1.97 bits per heavy atom. The van der Waals surface area contributed by atoms with Gasteiger partial charge in [-0.05, 0) is 49.7 Å². The van der Waals surface area contributed by atoms with Gasteiger partial charge in [-0.2, -0.15) is 0 Å². The lowest BCUT2D eigenvalue weighted by atomic mass is 10.1. The molecular formula is C21H24F3N2O3+. The normalized spacial score (nSPS) is 11.8. The van der Waals surface area contributed by atoms with E-state index in [9.17, 15) is 18.3 Å². The predicted molar refractivity (Wildman–Crippen MR) is 103 cm³/mol. The monoisotopic (exact) mass is 409 g/mol. The fourth-order valence-electron chi connectivity index (χ4n) is 3.39. The van der Waals surface area contributed by atoms with Crippen LogP contribution < -0.4 is 14.8 Å². The molecule has 0 saturated carbocycles. The number of halogens is 3. The third-order valence-corrected chi connectivity index (χ3v) is 4.67. The van der Waals surface area contributed by atoms with E-state index < -0.39 is 6.36 Å². The van der Waals surface area contributed by atoms with Gasteiger partial charge in [-0.25, -0.2) is 0 Å². The molecular weight excluding hydrogens is 385 g/mol. The average molecular weight is 409 g/mol. The molecule has 3 aromatic rings. The first-order valence-electron chi connectivity index (χ1n) is 9.40. The van der Waals surface area contributed by atoms with E-state index in [1.165, 1.54) is 12.1 Å². The van der Waals surface area contributed by atoms with Crippen molar-refractivity contribution in [2.24, 2.45) is 0 Å². The summed E-state index contributed by atoms with van der Waals surface area (Å²) in [6.07, 6.45) is -4.06. The molecule has 0 aliphatic heterocycles. The van der Waals surface area contributed by atoms with Crippen LogP contribution in [-0.4, -0.2) is 29.6 Å². The van der Waals surface area contributed by atoms with Crippen LogP contribution in [0.4, 0.5) is 13.2 Å². The SMILES string of the molecule is CCOc1cccc(C[NH2+]CCc2c(C)[nH]c3ccc(OC(F)(F)F)cc23)c1O. The van der Waals surface area contributed by atoms with Gasteiger partial charge >= 0.3 is 6.36 Å². The highest BCUT2D eigenvalue weighted by molar-refractivity contribution is 5.86. The summed E-state index contributed by atoms with van der Waals surface area (Å²) in [5, 5.41) is 13.0. The highest BCUT2D eigenvalue weighted by Crippen LogP contribution is 2.30. The minimum Gasteiger partial charge on any atom is -0.504 e. The van der Waals surface area contributed by atoms with E-state index in [1.807, 2.05) is 31.3 Å². The minimum atomic E-state index is -4.72. The van der Waals surface area contributed by atoms with Crippen LogP contribution in [0.25, 0.3) is 10.9 Å². The smallest absolute Gasteiger partial charge is 0.504 e. The lowest BCUT2D eigenvalue weighted by Gasteiger charge is -2.10. The number of phenolic OH excluding ortho intramolecular Hbond substituents is 1. The fraction of sp³-hybridized carbons (Fsp3) is 0.333. The van der Waals surface area contributed by atoms with Gasteiger partial charge in [0.05, 0.1) is 18.7 Å². The van der Waals surface area contributed by atoms with Crippen molar-refractivity contribution in [3.8, 4) is 17.2 Å².